The van der Waals surface area contributed by atoms with Crippen molar-refractivity contribution in [2.75, 3.05) is 53.6 Å². The highest BCUT2D eigenvalue weighted by Crippen LogP contribution is 2.30. The predicted molar refractivity (Wildman–Crippen MR) is 168 cm³/mol. The Balaban J connectivity index is 0.000000283. The molecule has 2 fully saturated rings. The zero-order valence-corrected chi connectivity index (χ0v) is 25.2. The van der Waals surface area contributed by atoms with Crippen LogP contribution in [0, 0.1) is 12.8 Å². The van der Waals surface area contributed by atoms with E-state index in [1.165, 1.54) is 22.0 Å². The number of aromatic nitrogens is 2. The lowest BCUT2D eigenvalue weighted by molar-refractivity contribution is 0.347. The molecule has 3 N–H and O–H groups in total. The molecule has 3 aliphatic rings. The van der Waals surface area contributed by atoms with Gasteiger partial charge in [-0.05, 0) is 63.1 Å². The van der Waals surface area contributed by atoms with Crippen molar-refractivity contribution in [2.24, 2.45) is 5.92 Å². The van der Waals surface area contributed by atoms with Gasteiger partial charge in [-0.2, -0.15) is 10.5 Å². The second-order valence-electron chi connectivity index (χ2n) is 10.2. The number of hydrogen-bond donors (Lipinski definition) is 2. The minimum absolute atomic E-state index is 0.345. The maximum absolute atomic E-state index is 12.7. The Morgan fingerprint density at radius 1 is 1.18 bits per heavy atom. The first-order chi connectivity index (χ1) is 18.3. The summed E-state index contributed by atoms with van der Waals surface area (Å²) in [6.45, 7) is 10.4. The van der Waals surface area contributed by atoms with Crippen LogP contribution in [-0.2, 0) is 0 Å². The maximum atomic E-state index is 12.7. The van der Waals surface area contributed by atoms with Gasteiger partial charge in [-0.15, -0.1) is 11.3 Å². The van der Waals surface area contributed by atoms with Gasteiger partial charge in [0.05, 0.1) is 0 Å². The van der Waals surface area contributed by atoms with Crippen LogP contribution in [0.15, 0.2) is 47.0 Å². The van der Waals surface area contributed by atoms with E-state index in [0.717, 1.165) is 54.8 Å². The Labute approximate surface area is 238 Å². The largest absolute Gasteiger partial charge is 0.383 e. The number of pyridine rings is 1. The van der Waals surface area contributed by atoms with E-state index < -0.39 is 6.17 Å². The molecule has 0 saturated carbocycles. The zero-order chi connectivity index (χ0) is 27.1. The van der Waals surface area contributed by atoms with Crippen LogP contribution in [0.1, 0.15) is 38.0 Å². The van der Waals surface area contributed by atoms with Crippen LogP contribution in [0.2, 0.25) is 0 Å². The van der Waals surface area contributed by atoms with E-state index in [-0.39, 0.29) is 0 Å². The molecular weight excluding hydrogens is 536 g/mol. The van der Waals surface area contributed by atoms with Gasteiger partial charge in [0.15, 0.2) is 5.13 Å². The number of nitrogens with zero attached hydrogens (tertiary/aromatic N) is 4. The number of rotatable bonds is 5. The minimum atomic E-state index is -0.747. The highest BCUT2D eigenvalue weighted by molar-refractivity contribution is 8.14. The number of piperidine rings is 1. The number of thiazole rings is 1. The molecule has 38 heavy (non-hydrogen) atoms. The van der Waals surface area contributed by atoms with Crippen molar-refractivity contribution in [2.45, 2.75) is 57.1 Å². The number of halogens is 1. The summed E-state index contributed by atoms with van der Waals surface area (Å²) in [5.41, 5.74) is 7.13. The number of anilines is 3. The molecule has 0 spiro atoms. The topological polar surface area (TPSA) is 70.3 Å². The third-order valence-corrected chi connectivity index (χ3v) is 10.7. The molecule has 2 aliphatic heterocycles. The van der Waals surface area contributed by atoms with Crippen molar-refractivity contribution in [3.63, 3.8) is 0 Å². The average molecular weight is 577 g/mol. The smallest absolute Gasteiger partial charge is 0.185 e. The number of nitrogens with one attached hydrogen (secondary N) is 1. The average Bonchev–Trinajstić information content (AvgIpc) is 3.14. The molecule has 0 aromatic carbocycles. The van der Waals surface area contributed by atoms with Crippen LogP contribution in [0.5, 0.6) is 0 Å². The van der Waals surface area contributed by atoms with Crippen molar-refractivity contribution < 1.29 is 4.39 Å². The molecule has 6 nitrogen and oxygen atoms in total. The van der Waals surface area contributed by atoms with Crippen LogP contribution in [0.25, 0.3) is 0 Å². The number of alkyl halides is 1. The third kappa shape index (κ3) is 8.56. The van der Waals surface area contributed by atoms with Crippen molar-refractivity contribution in [3.8, 4) is 0 Å². The first-order valence-corrected chi connectivity index (χ1v) is 16.7. The Morgan fingerprint density at radius 3 is 2.55 bits per heavy atom. The molecule has 2 saturated heterocycles. The summed E-state index contributed by atoms with van der Waals surface area (Å²) in [6, 6.07) is 4.84. The number of nitrogen functional groups attached to an aromatic ring is 1. The van der Waals surface area contributed by atoms with E-state index in [0.29, 0.717) is 34.7 Å². The normalized spacial score (nSPS) is 23.4. The lowest BCUT2D eigenvalue weighted by Gasteiger charge is -2.31. The van der Waals surface area contributed by atoms with Gasteiger partial charge >= 0.3 is 0 Å². The summed E-state index contributed by atoms with van der Waals surface area (Å²) in [5, 5.41) is 4.49. The highest BCUT2D eigenvalue weighted by Gasteiger charge is 2.21. The van der Waals surface area contributed by atoms with E-state index in [1.807, 2.05) is 44.1 Å². The molecule has 2 aromatic heterocycles. The van der Waals surface area contributed by atoms with E-state index in [9.17, 15) is 4.39 Å². The van der Waals surface area contributed by atoms with Crippen LogP contribution < -0.4 is 16.0 Å². The monoisotopic (exact) mass is 576 g/mol. The van der Waals surface area contributed by atoms with E-state index in [1.54, 1.807) is 17.4 Å². The molecule has 2 aromatic rings. The Hall–Kier alpha value is -1.88. The molecule has 5 rings (SSSR count). The maximum Gasteiger partial charge on any atom is 0.185 e. The standard InChI is InChI=1S/C19H28N6S3.C9H13F/c1-14-18(20)23-19(26-14)22-15-5-7-25(8-6-15)27-16-3-4-17(21-13-16)24-9-11-28(2)12-10-24;1-7-4-3-5-9(10)6-8(7)2/h3-4,13,15H,2,5-12,20H2,1H3,(H,22,23);3-5,8-9H,6H2,1-2H3. The van der Waals surface area contributed by atoms with Gasteiger partial charge in [0.1, 0.15) is 17.8 Å². The summed E-state index contributed by atoms with van der Waals surface area (Å²) < 4.78 is 15.2. The Morgan fingerprint density at radius 2 is 1.92 bits per heavy atom. The molecule has 0 bridgehead atoms. The molecule has 0 amide bonds. The fraction of sp³-hybridized carbons (Fsp3) is 0.536. The molecule has 1 aliphatic carbocycles. The molecule has 2 atom stereocenters. The quantitative estimate of drug-likeness (QED) is 0.315. The Bertz CT molecular complexity index is 1090. The second-order valence-corrected chi connectivity index (χ2v) is 14.6. The van der Waals surface area contributed by atoms with Gasteiger partial charge < -0.3 is 16.0 Å². The number of hydrogen-bond acceptors (Lipinski definition) is 8. The van der Waals surface area contributed by atoms with Gasteiger partial charge in [-0.3, -0.25) is 0 Å². The molecule has 0 radical (unpaired) electrons. The lowest BCUT2D eigenvalue weighted by atomic mass is 9.98. The van der Waals surface area contributed by atoms with Crippen molar-refractivity contribution >= 4 is 56.4 Å². The van der Waals surface area contributed by atoms with E-state index in [2.05, 4.69) is 44.4 Å². The molecule has 10 heteroatoms. The third-order valence-electron chi connectivity index (χ3n) is 7.23. The number of nitrogens with two attached hydrogens (primary N) is 1. The van der Waals surface area contributed by atoms with Gasteiger partial charge in [0.2, 0.25) is 0 Å². The molecule has 4 heterocycles. The van der Waals surface area contributed by atoms with E-state index in [4.69, 9.17) is 10.7 Å². The van der Waals surface area contributed by atoms with Gasteiger partial charge in [0, 0.05) is 59.7 Å². The van der Waals surface area contributed by atoms with Crippen molar-refractivity contribution in [3.05, 3.63) is 47.0 Å². The summed E-state index contributed by atoms with van der Waals surface area (Å²) in [5.74, 6) is 8.71. The summed E-state index contributed by atoms with van der Waals surface area (Å²) in [6.07, 6.45) is 9.54. The fourth-order valence-corrected chi connectivity index (χ4v) is 7.41. The SMILES string of the molecule is C=S1CCN(c2ccc(SN3CCC(Nc4nc(N)c(C)s4)CC3)cn2)CC1.CC1=CC=CC(F)CC1C. The van der Waals surface area contributed by atoms with Crippen LogP contribution in [0.4, 0.5) is 21.2 Å². The summed E-state index contributed by atoms with van der Waals surface area (Å²) in [4.78, 5) is 13.8. The molecule has 208 valence electrons. The molecular formula is C28H41FN6S3. The Kier molecular flexibility index (Phi) is 10.7. The number of allylic oxidation sites excluding steroid dienone is 4. The highest BCUT2D eigenvalue weighted by atomic mass is 32.2. The summed E-state index contributed by atoms with van der Waals surface area (Å²) >= 11 is 3.46. The van der Waals surface area contributed by atoms with Gasteiger partial charge in [0.25, 0.3) is 0 Å². The number of aryl methyl sites for hydroxylation is 1. The van der Waals surface area contributed by atoms with Crippen LogP contribution in [0.3, 0.4) is 0 Å². The van der Waals surface area contributed by atoms with Crippen molar-refractivity contribution in [1.29, 1.82) is 0 Å². The first-order valence-electron chi connectivity index (χ1n) is 13.4. The molecule has 2 unspecified atom stereocenters. The zero-order valence-electron chi connectivity index (χ0n) is 22.7. The van der Waals surface area contributed by atoms with Crippen LogP contribution >= 0.6 is 33.8 Å². The van der Waals surface area contributed by atoms with Gasteiger partial charge in [-0.25, -0.2) is 18.7 Å². The fourth-order valence-electron chi connectivity index (χ4n) is 4.51. The van der Waals surface area contributed by atoms with Gasteiger partial charge in [-0.1, -0.05) is 36.6 Å². The van der Waals surface area contributed by atoms with Crippen LogP contribution in [-0.4, -0.2) is 70.0 Å². The second kappa shape index (κ2) is 14.0. The van der Waals surface area contributed by atoms with E-state index >= 15 is 0 Å². The van der Waals surface area contributed by atoms with Crippen molar-refractivity contribution in [1.82, 2.24) is 14.3 Å². The predicted octanol–water partition coefficient (Wildman–Crippen LogP) is 6.40. The summed E-state index contributed by atoms with van der Waals surface area (Å²) in [7, 11) is 0.345. The first kappa shape index (κ1) is 29.1. The minimum Gasteiger partial charge on any atom is -0.383 e. The lowest BCUT2D eigenvalue weighted by Crippen LogP contribution is -2.35.